The number of halogens is 2. The quantitative estimate of drug-likeness (QED) is 0.231. The fourth-order valence-electron chi connectivity index (χ4n) is 4.53. The number of carbonyl (C=O) groups excluding carboxylic acids is 2. The topological polar surface area (TPSA) is 96.0 Å². The van der Waals surface area contributed by atoms with E-state index in [0.717, 1.165) is 18.2 Å². The molecule has 0 saturated carbocycles. The van der Waals surface area contributed by atoms with Crippen LogP contribution < -0.4 is 14.4 Å². The van der Waals surface area contributed by atoms with Gasteiger partial charge in [0.05, 0.1) is 19.1 Å². The Kier molecular flexibility index (Phi) is 12.5. The third-order valence-corrected chi connectivity index (χ3v) is 8.63. The third-order valence-electron chi connectivity index (χ3n) is 6.72. The Balaban J connectivity index is 1.90. The maximum Gasteiger partial charge on any atom is 0.243 e. The van der Waals surface area contributed by atoms with Gasteiger partial charge in [-0.15, -0.1) is 0 Å². The van der Waals surface area contributed by atoms with E-state index in [9.17, 15) is 18.0 Å². The minimum Gasteiger partial charge on any atom is -0.497 e. The van der Waals surface area contributed by atoms with Gasteiger partial charge < -0.3 is 15.0 Å². The predicted octanol–water partition coefficient (Wildman–Crippen LogP) is 5.71. The van der Waals surface area contributed by atoms with Crippen LogP contribution in [0.25, 0.3) is 0 Å². The summed E-state index contributed by atoms with van der Waals surface area (Å²) in [5.41, 5.74) is 1.89. The molecule has 1 atom stereocenters. The summed E-state index contributed by atoms with van der Waals surface area (Å²) in [6, 6.07) is 20.4. The minimum atomic E-state index is -3.63. The summed E-state index contributed by atoms with van der Waals surface area (Å²) in [5, 5.41) is 3.70. The second kappa shape index (κ2) is 15.8. The van der Waals surface area contributed by atoms with Crippen LogP contribution >= 0.6 is 23.2 Å². The maximum atomic E-state index is 13.9. The van der Waals surface area contributed by atoms with Gasteiger partial charge in [-0.3, -0.25) is 13.9 Å². The number of hydrogen-bond donors (Lipinski definition) is 1. The maximum absolute atomic E-state index is 13.9. The fraction of sp³-hybridized carbons (Fsp3) is 0.355. The Bertz CT molecular complexity index is 1420. The minimum absolute atomic E-state index is 0.00338. The molecule has 0 aliphatic carbocycles. The molecule has 0 radical (unpaired) electrons. The molecule has 0 aliphatic heterocycles. The molecule has 0 aromatic heterocycles. The lowest BCUT2D eigenvalue weighted by Gasteiger charge is -2.32. The van der Waals surface area contributed by atoms with Gasteiger partial charge in [0.2, 0.25) is 21.8 Å². The number of hydrogen-bond acceptors (Lipinski definition) is 5. The first-order valence-corrected chi connectivity index (χ1v) is 16.3. The number of nitrogens with zero attached hydrogens (tertiary/aromatic N) is 2. The molecule has 0 bridgehead atoms. The molecule has 0 spiro atoms. The predicted molar refractivity (Wildman–Crippen MR) is 169 cm³/mol. The SMILES string of the molecule is CCCNC(=O)C(Cc1ccccc1)N(Cc1c(Cl)cccc1Cl)C(=O)CCCN(c1ccc(OC)cc1)S(C)(=O)=O. The van der Waals surface area contributed by atoms with Gasteiger partial charge in [0, 0.05) is 48.1 Å². The highest BCUT2D eigenvalue weighted by Crippen LogP contribution is 2.28. The van der Waals surface area contributed by atoms with Gasteiger partial charge in [0.15, 0.2) is 0 Å². The summed E-state index contributed by atoms with van der Waals surface area (Å²) in [7, 11) is -2.10. The molecule has 8 nitrogen and oxygen atoms in total. The van der Waals surface area contributed by atoms with Gasteiger partial charge in [-0.1, -0.05) is 66.5 Å². The summed E-state index contributed by atoms with van der Waals surface area (Å²) in [6.45, 7) is 2.51. The van der Waals surface area contributed by atoms with Crippen LogP contribution in [0.15, 0.2) is 72.8 Å². The fourth-order valence-corrected chi connectivity index (χ4v) is 6.01. The van der Waals surface area contributed by atoms with Gasteiger partial charge in [0.25, 0.3) is 0 Å². The largest absolute Gasteiger partial charge is 0.497 e. The molecule has 1 N–H and O–H groups in total. The lowest BCUT2D eigenvalue weighted by Crippen LogP contribution is -2.50. The highest BCUT2D eigenvalue weighted by molar-refractivity contribution is 7.92. The van der Waals surface area contributed by atoms with Crippen molar-refractivity contribution in [2.24, 2.45) is 0 Å². The van der Waals surface area contributed by atoms with Gasteiger partial charge in [-0.25, -0.2) is 8.42 Å². The molecule has 3 aromatic carbocycles. The number of carbonyl (C=O) groups is 2. The van der Waals surface area contributed by atoms with Crippen molar-refractivity contribution in [2.45, 2.75) is 45.2 Å². The molecule has 0 fully saturated rings. The third kappa shape index (κ3) is 9.37. The summed E-state index contributed by atoms with van der Waals surface area (Å²) in [4.78, 5) is 28.9. The van der Waals surface area contributed by atoms with E-state index in [1.54, 1.807) is 42.5 Å². The van der Waals surface area contributed by atoms with Gasteiger partial charge >= 0.3 is 0 Å². The summed E-state index contributed by atoms with van der Waals surface area (Å²) in [6.07, 6.45) is 2.36. The average Bonchev–Trinajstić information content (AvgIpc) is 2.97. The van der Waals surface area contributed by atoms with Crippen molar-refractivity contribution in [1.82, 2.24) is 10.2 Å². The normalized spacial score (nSPS) is 11.9. The number of nitrogens with one attached hydrogen (secondary N) is 1. The Morgan fingerprint density at radius 3 is 2.17 bits per heavy atom. The highest BCUT2D eigenvalue weighted by Gasteiger charge is 2.31. The van der Waals surface area contributed by atoms with Crippen LogP contribution in [0.4, 0.5) is 5.69 Å². The zero-order valence-corrected chi connectivity index (χ0v) is 26.4. The lowest BCUT2D eigenvalue weighted by molar-refractivity contribution is -0.141. The second-order valence-electron chi connectivity index (χ2n) is 9.86. The smallest absolute Gasteiger partial charge is 0.243 e. The number of methoxy groups -OCH3 is 1. The molecule has 0 saturated heterocycles. The number of sulfonamides is 1. The van der Waals surface area contributed by atoms with Crippen molar-refractivity contribution in [3.05, 3.63) is 94.0 Å². The zero-order valence-electron chi connectivity index (χ0n) is 24.1. The van der Waals surface area contributed by atoms with Crippen LogP contribution in [0.3, 0.4) is 0 Å². The molecule has 42 heavy (non-hydrogen) atoms. The van der Waals surface area contributed by atoms with Crippen molar-refractivity contribution in [3.63, 3.8) is 0 Å². The first-order valence-electron chi connectivity index (χ1n) is 13.7. The van der Waals surface area contributed by atoms with Crippen LogP contribution in [-0.4, -0.2) is 57.6 Å². The molecular weight excluding hydrogens is 597 g/mol. The number of rotatable bonds is 15. The Hall–Kier alpha value is -3.27. The van der Waals surface area contributed by atoms with Gasteiger partial charge in [0.1, 0.15) is 11.8 Å². The monoisotopic (exact) mass is 633 g/mol. The Labute approximate surface area is 258 Å². The summed E-state index contributed by atoms with van der Waals surface area (Å²) >= 11 is 13.0. The zero-order chi connectivity index (χ0) is 30.7. The molecule has 3 rings (SSSR count). The molecule has 3 aromatic rings. The molecule has 226 valence electrons. The first kappa shape index (κ1) is 33.2. The van der Waals surface area contributed by atoms with Crippen molar-refractivity contribution in [3.8, 4) is 5.75 Å². The van der Waals surface area contributed by atoms with Crippen LogP contribution in [0, 0.1) is 0 Å². The van der Waals surface area contributed by atoms with Gasteiger partial charge in [-0.05, 0) is 54.8 Å². The lowest BCUT2D eigenvalue weighted by atomic mass is 10.0. The molecule has 0 aliphatic rings. The second-order valence-corrected chi connectivity index (χ2v) is 12.6. The van der Waals surface area contributed by atoms with E-state index in [4.69, 9.17) is 27.9 Å². The molecule has 11 heteroatoms. The summed E-state index contributed by atoms with van der Waals surface area (Å²) < 4.78 is 31.7. The Morgan fingerprint density at radius 2 is 1.60 bits per heavy atom. The van der Waals surface area contributed by atoms with Crippen molar-refractivity contribution < 1.29 is 22.7 Å². The molecular formula is C31H37Cl2N3O5S. The van der Waals surface area contributed by atoms with E-state index in [1.165, 1.54) is 16.3 Å². The number of amides is 2. The number of anilines is 1. The van der Waals surface area contributed by atoms with E-state index in [1.807, 2.05) is 37.3 Å². The van der Waals surface area contributed by atoms with E-state index < -0.39 is 16.1 Å². The average molecular weight is 635 g/mol. The van der Waals surface area contributed by atoms with Crippen molar-refractivity contribution >= 4 is 50.7 Å². The van der Waals surface area contributed by atoms with Crippen LogP contribution in [0.5, 0.6) is 5.75 Å². The van der Waals surface area contributed by atoms with Crippen LogP contribution in [-0.2, 0) is 32.6 Å². The van der Waals surface area contributed by atoms with Crippen LogP contribution in [0.1, 0.15) is 37.3 Å². The van der Waals surface area contributed by atoms with E-state index in [0.29, 0.717) is 33.6 Å². The number of benzene rings is 3. The summed E-state index contributed by atoms with van der Waals surface area (Å²) in [5.74, 6) is -0.00275. The molecule has 1 unspecified atom stereocenters. The Morgan fingerprint density at radius 1 is 0.952 bits per heavy atom. The molecule has 2 amide bonds. The number of ether oxygens (including phenoxy) is 1. The van der Waals surface area contributed by atoms with E-state index >= 15 is 0 Å². The van der Waals surface area contributed by atoms with E-state index in [2.05, 4.69) is 5.32 Å². The standard InChI is InChI=1S/C31H37Cl2N3O5S/c1-4-19-34-31(38)29(21-23-10-6-5-7-11-23)35(22-26-27(32)12-8-13-28(26)33)30(37)14-9-20-36(42(3,39)40)24-15-17-25(41-2)18-16-24/h5-8,10-13,15-18,29H,4,9,14,19-22H2,1-3H3,(H,34,38). The van der Waals surface area contributed by atoms with Gasteiger partial charge in [-0.2, -0.15) is 0 Å². The van der Waals surface area contributed by atoms with Crippen molar-refractivity contribution in [2.75, 3.05) is 30.8 Å². The van der Waals surface area contributed by atoms with Crippen molar-refractivity contribution in [1.29, 1.82) is 0 Å². The highest BCUT2D eigenvalue weighted by atomic mass is 35.5. The van der Waals surface area contributed by atoms with Crippen LogP contribution in [0.2, 0.25) is 10.0 Å². The first-order chi connectivity index (χ1) is 20.0. The van der Waals surface area contributed by atoms with E-state index in [-0.39, 0.29) is 44.2 Å². The molecule has 0 heterocycles.